The van der Waals surface area contributed by atoms with Crippen LogP contribution in [0, 0.1) is 0 Å². The first-order chi connectivity index (χ1) is 16.2. The molecule has 0 unspecified atom stereocenters. The topological polar surface area (TPSA) is 81.9 Å². The monoisotopic (exact) mass is 433 g/mol. The summed E-state index contributed by atoms with van der Waals surface area (Å²) in [4.78, 5) is 25.0. The molecule has 0 bridgehead atoms. The minimum absolute atomic E-state index is 0.177. The SMILES string of the molecule is O=C(Nc1ccc(Oc2cc(-n3ccnc3)ncn2)cc1)c1ccc(-c2ccccc2)cc1. The highest BCUT2D eigenvalue weighted by molar-refractivity contribution is 6.04. The van der Waals surface area contributed by atoms with Gasteiger partial charge in [-0.3, -0.25) is 9.36 Å². The summed E-state index contributed by atoms with van der Waals surface area (Å²) < 4.78 is 7.58. The van der Waals surface area contributed by atoms with E-state index in [0.29, 0.717) is 28.7 Å². The Morgan fingerprint density at radius 3 is 2.33 bits per heavy atom. The van der Waals surface area contributed by atoms with E-state index in [0.717, 1.165) is 11.1 Å². The van der Waals surface area contributed by atoms with Crippen molar-refractivity contribution in [2.45, 2.75) is 0 Å². The van der Waals surface area contributed by atoms with Gasteiger partial charge in [-0.1, -0.05) is 42.5 Å². The summed E-state index contributed by atoms with van der Waals surface area (Å²) in [5.74, 6) is 1.48. The number of hydrogen-bond donors (Lipinski definition) is 1. The van der Waals surface area contributed by atoms with Crippen LogP contribution in [-0.4, -0.2) is 25.4 Å². The van der Waals surface area contributed by atoms with E-state index < -0.39 is 0 Å². The lowest BCUT2D eigenvalue weighted by Gasteiger charge is -2.09. The molecule has 0 spiro atoms. The molecule has 5 rings (SSSR count). The molecule has 0 fully saturated rings. The van der Waals surface area contributed by atoms with Gasteiger partial charge in [-0.05, 0) is 47.5 Å². The van der Waals surface area contributed by atoms with Crippen molar-refractivity contribution in [3.63, 3.8) is 0 Å². The third kappa shape index (κ3) is 4.77. The molecular weight excluding hydrogens is 414 g/mol. The zero-order valence-corrected chi connectivity index (χ0v) is 17.5. The molecule has 0 saturated carbocycles. The normalized spacial score (nSPS) is 10.5. The van der Waals surface area contributed by atoms with E-state index >= 15 is 0 Å². The van der Waals surface area contributed by atoms with E-state index in [2.05, 4.69) is 20.3 Å². The quantitative estimate of drug-likeness (QED) is 0.389. The molecule has 2 aromatic heterocycles. The van der Waals surface area contributed by atoms with Crippen molar-refractivity contribution in [1.82, 2.24) is 19.5 Å². The highest BCUT2D eigenvalue weighted by Gasteiger charge is 2.08. The van der Waals surface area contributed by atoms with Crippen LogP contribution in [0.1, 0.15) is 10.4 Å². The standard InChI is InChI=1S/C26H19N5O2/c32-26(21-8-6-20(7-9-21)19-4-2-1-3-5-19)30-22-10-12-23(13-11-22)33-25-16-24(28-17-29-25)31-15-14-27-18-31/h1-18H,(H,30,32). The Morgan fingerprint density at radius 2 is 1.61 bits per heavy atom. The molecule has 1 amide bonds. The molecule has 7 heteroatoms. The highest BCUT2D eigenvalue weighted by atomic mass is 16.5. The van der Waals surface area contributed by atoms with Crippen LogP contribution in [0.2, 0.25) is 0 Å². The first-order valence-corrected chi connectivity index (χ1v) is 10.3. The number of hydrogen-bond acceptors (Lipinski definition) is 5. The summed E-state index contributed by atoms with van der Waals surface area (Å²) in [6.07, 6.45) is 6.55. The van der Waals surface area contributed by atoms with Crippen LogP contribution in [0.5, 0.6) is 11.6 Å². The van der Waals surface area contributed by atoms with Crippen LogP contribution in [0.4, 0.5) is 5.69 Å². The fraction of sp³-hybridized carbons (Fsp3) is 0. The summed E-state index contributed by atoms with van der Waals surface area (Å²) >= 11 is 0. The van der Waals surface area contributed by atoms with Gasteiger partial charge in [0, 0.05) is 29.7 Å². The van der Waals surface area contributed by atoms with Gasteiger partial charge in [-0.25, -0.2) is 15.0 Å². The van der Waals surface area contributed by atoms with E-state index in [4.69, 9.17) is 4.74 Å². The molecule has 5 aromatic rings. The van der Waals surface area contributed by atoms with Gasteiger partial charge in [-0.15, -0.1) is 0 Å². The number of carbonyl (C=O) groups excluding carboxylic acids is 1. The number of amides is 1. The number of nitrogens with zero attached hydrogens (tertiary/aromatic N) is 4. The van der Waals surface area contributed by atoms with Gasteiger partial charge < -0.3 is 10.1 Å². The number of nitrogens with one attached hydrogen (secondary N) is 1. The van der Waals surface area contributed by atoms with Crippen LogP contribution in [-0.2, 0) is 0 Å². The maximum atomic E-state index is 12.6. The van der Waals surface area contributed by atoms with Gasteiger partial charge in [0.05, 0.1) is 0 Å². The van der Waals surface area contributed by atoms with Gasteiger partial charge in [0.2, 0.25) is 5.88 Å². The number of anilines is 1. The van der Waals surface area contributed by atoms with E-state index in [-0.39, 0.29) is 5.91 Å². The molecule has 3 aromatic carbocycles. The summed E-state index contributed by atoms with van der Waals surface area (Å²) in [6, 6.07) is 26.4. The fourth-order valence-corrected chi connectivity index (χ4v) is 3.30. The van der Waals surface area contributed by atoms with Crippen molar-refractivity contribution in [3.8, 4) is 28.6 Å². The van der Waals surface area contributed by atoms with Crippen molar-refractivity contribution >= 4 is 11.6 Å². The maximum Gasteiger partial charge on any atom is 0.255 e. The number of imidazole rings is 1. The minimum atomic E-state index is -0.177. The third-order valence-corrected chi connectivity index (χ3v) is 4.99. The molecule has 0 saturated heterocycles. The first-order valence-electron chi connectivity index (χ1n) is 10.3. The average Bonchev–Trinajstić information content (AvgIpc) is 3.41. The molecule has 0 atom stereocenters. The van der Waals surface area contributed by atoms with Gasteiger partial charge in [0.25, 0.3) is 5.91 Å². The summed E-state index contributed by atoms with van der Waals surface area (Å²) in [7, 11) is 0. The van der Waals surface area contributed by atoms with Crippen molar-refractivity contribution in [2.24, 2.45) is 0 Å². The average molecular weight is 433 g/mol. The van der Waals surface area contributed by atoms with E-state index in [9.17, 15) is 4.79 Å². The van der Waals surface area contributed by atoms with E-state index in [1.165, 1.54) is 6.33 Å². The summed E-state index contributed by atoms with van der Waals surface area (Å²) in [5, 5.41) is 2.91. The highest BCUT2D eigenvalue weighted by Crippen LogP contribution is 2.23. The number of aromatic nitrogens is 4. The Labute approximate surface area is 190 Å². The van der Waals surface area contributed by atoms with Crippen LogP contribution in [0.25, 0.3) is 16.9 Å². The lowest BCUT2D eigenvalue weighted by molar-refractivity contribution is 0.102. The van der Waals surface area contributed by atoms with Crippen LogP contribution in [0.15, 0.2) is 110 Å². The smallest absolute Gasteiger partial charge is 0.255 e. The van der Waals surface area contributed by atoms with E-state index in [1.807, 2.05) is 54.6 Å². The zero-order chi connectivity index (χ0) is 22.5. The Morgan fingerprint density at radius 1 is 0.848 bits per heavy atom. The van der Waals surface area contributed by atoms with Gasteiger partial charge in [-0.2, -0.15) is 0 Å². The molecule has 1 N–H and O–H groups in total. The molecule has 0 aliphatic rings. The van der Waals surface area contributed by atoms with E-state index in [1.54, 1.807) is 53.6 Å². The van der Waals surface area contributed by atoms with Crippen LogP contribution >= 0.6 is 0 Å². The Balaban J connectivity index is 1.23. The maximum absolute atomic E-state index is 12.6. The number of carbonyl (C=O) groups is 1. The first kappa shape index (κ1) is 20.1. The predicted molar refractivity (Wildman–Crippen MR) is 126 cm³/mol. The van der Waals surface area contributed by atoms with Gasteiger partial charge in [0.1, 0.15) is 24.2 Å². The lowest BCUT2D eigenvalue weighted by Crippen LogP contribution is -2.11. The van der Waals surface area contributed by atoms with Crippen LogP contribution < -0.4 is 10.1 Å². The molecule has 0 aliphatic heterocycles. The van der Waals surface area contributed by atoms with Crippen LogP contribution in [0.3, 0.4) is 0 Å². The Kier molecular flexibility index (Phi) is 5.59. The molecular formula is C26H19N5O2. The summed E-state index contributed by atoms with van der Waals surface area (Å²) in [5.41, 5.74) is 3.43. The summed E-state index contributed by atoms with van der Waals surface area (Å²) in [6.45, 7) is 0. The molecule has 0 aliphatic carbocycles. The minimum Gasteiger partial charge on any atom is -0.439 e. The largest absolute Gasteiger partial charge is 0.439 e. The van der Waals surface area contributed by atoms with Crippen molar-refractivity contribution in [1.29, 1.82) is 0 Å². The predicted octanol–water partition coefficient (Wildman–Crippen LogP) is 5.37. The second kappa shape index (κ2) is 9.15. The second-order valence-electron chi connectivity index (χ2n) is 7.21. The molecule has 0 radical (unpaired) electrons. The number of ether oxygens (including phenoxy) is 1. The van der Waals surface area contributed by atoms with Gasteiger partial charge in [0.15, 0.2) is 0 Å². The Bertz CT molecular complexity index is 1350. The van der Waals surface area contributed by atoms with Gasteiger partial charge >= 0.3 is 0 Å². The molecule has 33 heavy (non-hydrogen) atoms. The zero-order valence-electron chi connectivity index (χ0n) is 17.5. The second-order valence-corrected chi connectivity index (χ2v) is 7.21. The van der Waals surface area contributed by atoms with Crippen molar-refractivity contribution in [3.05, 3.63) is 116 Å². The van der Waals surface area contributed by atoms with Crippen molar-refractivity contribution in [2.75, 3.05) is 5.32 Å². The fourth-order valence-electron chi connectivity index (χ4n) is 3.30. The van der Waals surface area contributed by atoms with Crippen molar-refractivity contribution < 1.29 is 9.53 Å². The lowest BCUT2D eigenvalue weighted by atomic mass is 10.0. The molecule has 7 nitrogen and oxygen atoms in total. The Hall–Kier alpha value is -4.78. The third-order valence-electron chi connectivity index (χ3n) is 4.99. The number of benzene rings is 3. The molecule has 160 valence electrons. The molecule has 2 heterocycles. The number of rotatable bonds is 6.